The molecule has 25 heavy (non-hydrogen) atoms. The van der Waals surface area contributed by atoms with Gasteiger partial charge in [-0.15, -0.1) is 5.10 Å². The molecule has 8 heteroatoms. The van der Waals surface area contributed by atoms with Gasteiger partial charge in [0.15, 0.2) is 0 Å². The number of carbonyl (C=O) groups excluding carboxylic acids is 1. The first-order valence-corrected chi connectivity index (χ1v) is 7.92. The molecule has 0 saturated carbocycles. The SMILES string of the molecule is Cc1nc(NC(=O)c2ccnn2C(C)C)n(-c2ccc(F)cc2C)n1. The van der Waals surface area contributed by atoms with Gasteiger partial charge < -0.3 is 0 Å². The molecular formula is C17H19FN6O. The van der Waals surface area contributed by atoms with E-state index in [2.05, 4.69) is 20.5 Å². The van der Waals surface area contributed by atoms with Gasteiger partial charge in [0.25, 0.3) is 5.91 Å². The van der Waals surface area contributed by atoms with Crippen LogP contribution in [0.3, 0.4) is 0 Å². The number of benzene rings is 1. The molecule has 2 heterocycles. The number of nitrogens with one attached hydrogen (secondary N) is 1. The summed E-state index contributed by atoms with van der Waals surface area (Å²) in [4.78, 5) is 16.9. The van der Waals surface area contributed by atoms with Gasteiger partial charge in [-0.05, 0) is 57.5 Å². The number of aromatic nitrogens is 5. The van der Waals surface area contributed by atoms with Crippen molar-refractivity contribution in [2.45, 2.75) is 33.7 Å². The van der Waals surface area contributed by atoms with E-state index < -0.39 is 0 Å². The van der Waals surface area contributed by atoms with E-state index in [1.165, 1.54) is 16.8 Å². The van der Waals surface area contributed by atoms with Crippen molar-refractivity contribution in [1.29, 1.82) is 0 Å². The second-order valence-electron chi connectivity index (χ2n) is 6.03. The van der Waals surface area contributed by atoms with E-state index in [9.17, 15) is 9.18 Å². The lowest BCUT2D eigenvalue weighted by Gasteiger charge is -2.12. The topological polar surface area (TPSA) is 77.6 Å². The van der Waals surface area contributed by atoms with E-state index in [4.69, 9.17) is 0 Å². The summed E-state index contributed by atoms with van der Waals surface area (Å²) in [5, 5.41) is 11.2. The summed E-state index contributed by atoms with van der Waals surface area (Å²) in [7, 11) is 0. The maximum atomic E-state index is 13.4. The van der Waals surface area contributed by atoms with Crippen molar-refractivity contribution in [2.24, 2.45) is 0 Å². The van der Waals surface area contributed by atoms with Crippen LogP contribution in [0.5, 0.6) is 0 Å². The molecule has 0 spiro atoms. The maximum absolute atomic E-state index is 13.4. The van der Waals surface area contributed by atoms with Crippen molar-refractivity contribution in [3.05, 3.63) is 53.4 Å². The molecule has 0 aliphatic heterocycles. The molecule has 0 fully saturated rings. The number of hydrogen-bond acceptors (Lipinski definition) is 4. The van der Waals surface area contributed by atoms with Gasteiger partial charge >= 0.3 is 0 Å². The molecule has 1 amide bonds. The van der Waals surface area contributed by atoms with Crippen molar-refractivity contribution < 1.29 is 9.18 Å². The molecule has 130 valence electrons. The van der Waals surface area contributed by atoms with Crippen molar-refractivity contribution in [3.8, 4) is 5.69 Å². The molecule has 0 radical (unpaired) electrons. The first kappa shape index (κ1) is 16.8. The van der Waals surface area contributed by atoms with Gasteiger partial charge in [-0.25, -0.2) is 4.39 Å². The van der Waals surface area contributed by atoms with Crippen LogP contribution in [0, 0.1) is 19.7 Å². The quantitative estimate of drug-likeness (QED) is 0.790. The van der Waals surface area contributed by atoms with Crippen LogP contribution in [0.4, 0.5) is 10.3 Å². The Morgan fingerprint density at radius 1 is 1.24 bits per heavy atom. The maximum Gasteiger partial charge on any atom is 0.276 e. The molecule has 2 aromatic heterocycles. The van der Waals surface area contributed by atoms with Crippen LogP contribution in [0.25, 0.3) is 5.69 Å². The van der Waals surface area contributed by atoms with Crippen LogP contribution < -0.4 is 5.32 Å². The average Bonchev–Trinajstić information content (AvgIpc) is 3.14. The van der Waals surface area contributed by atoms with E-state index >= 15 is 0 Å². The van der Waals surface area contributed by atoms with Gasteiger partial charge in [0.2, 0.25) is 5.95 Å². The minimum atomic E-state index is -0.334. The highest BCUT2D eigenvalue weighted by Gasteiger charge is 2.19. The molecular weight excluding hydrogens is 323 g/mol. The van der Waals surface area contributed by atoms with Crippen LogP contribution in [-0.2, 0) is 0 Å². The Balaban J connectivity index is 1.96. The van der Waals surface area contributed by atoms with Crippen molar-refractivity contribution >= 4 is 11.9 Å². The number of carbonyl (C=O) groups is 1. The second kappa shape index (κ2) is 6.46. The Bertz CT molecular complexity index is 927. The Labute approximate surface area is 144 Å². The van der Waals surface area contributed by atoms with Gasteiger partial charge in [-0.1, -0.05) is 0 Å². The molecule has 0 unspecified atom stereocenters. The van der Waals surface area contributed by atoms with Gasteiger partial charge in [0, 0.05) is 12.2 Å². The van der Waals surface area contributed by atoms with E-state index in [-0.39, 0.29) is 23.7 Å². The number of rotatable bonds is 4. The molecule has 0 aliphatic carbocycles. The monoisotopic (exact) mass is 342 g/mol. The zero-order valence-electron chi connectivity index (χ0n) is 14.5. The first-order chi connectivity index (χ1) is 11.9. The zero-order valence-corrected chi connectivity index (χ0v) is 14.5. The number of amides is 1. The van der Waals surface area contributed by atoms with E-state index in [1.54, 1.807) is 36.9 Å². The highest BCUT2D eigenvalue weighted by atomic mass is 19.1. The van der Waals surface area contributed by atoms with Crippen molar-refractivity contribution in [2.75, 3.05) is 5.32 Å². The standard InChI is InChI=1S/C17H19FN6O/c1-10(2)23-15(7-8-19-23)16(25)21-17-20-12(4)22-24(17)14-6-5-13(18)9-11(14)3/h5-10H,1-4H3,(H,20,21,22,25). The highest BCUT2D eigenvalue weighted by Crippen LogP contribution is 2.20. The van der Waals surface area contributed by atoms with Crippen LogP contribution in [-0.4, -0.2) is 30.5 Å². The van der Waals surface area contributed by atoms with E-state index in [0.29, 0.717) is 22.8 Å². The van der Waals surface area contributed by atoms with Crippen LogP contribution >= 0.6 is 0 Å². The minimum Gasteiger partial charge on any atom is -0.289 e. The molecule has 3 aromatic rings. The van der Waals surface area contributed by atoms with Crippen LogP contribution in [0.15, 0.2) is 30.5 Å². The van der Waals surface area contributed by atoms with Crippen molar-refractivity contribution in [3.63, 3.8) is 0 Å². The molecule has 0 bridgehead atoms. The predicted molar refractivity (Wildman–Crippen MR) is 91.4 cm³/mol. The van der Waals surface area contributed by atoms with Crippen LogP contribution in [0.2, 0.25) is 0 Å². The van der Waals surface area contributed by atoms with E-state index in [0.717, 1.165) is 0 Å². The fraction of sp³-hybridized carbons (Fsp3) is 0.294. The fourth-order valence-electron chi connectivity index (χ4n) is 2.59. The van der Waals surface area contributed by atoms with Gasteiger partial charge in [0.1, 0.15) is 17.3 Å². The number of anilines is 1. The molecule has 1 N–H and O–H groups in total. The normalized spacial score (nSPS) is 11.1. The second-order valence-corrected chi connectivity index (χ2v) is 6.03. The number of hydrogen-bond donors (Lipinski definition) is 1. The summed E-state index contributed by atoms with van der Waals surface area (Å²) in [5.41, 5.74) is 1.76. The molecule has 1 aromatic carbocycles. The Kier molecular flexibility index (Phi) is 4.35. The smallest absolute Gasteiger partial charge is 0.276 e. The molecule has 0 saturated heterocycles. The molecule has 0 atom stereocenters. The van der Waals surface area contributed by atoms with Crippen LogP contribution in [0.1, 0.15) is 41.8 Å². The lowest BCUT2D eigenvalue weighted by atomic mass is 10.2. The highest BCUT2D eigenvalue weighted by molar-refractivity contribution is 6.02. The third kappa shape index (κ3) is 3.28. The Hall–Kier alpha value is -3.03. The Morgan fingerprint density at radius 2 is 2.00 bits per heavy atom. The van der Waals surface area contributed by atoms with Gasteiger partial charge in [-0.2, -0.15) is 14.8 Å². The average molecular weight is 342 g/mol. The lowest BCUT2D eigenvalue weighted by Crippen LogP contribution is -2.21. The summed E-state index contributed by atoms with van der Waals surface area (Å²) in [6.07, 6.45) is 1.58. The third-order valence-electron chi connectivity index (χ3n) is 3.72. The fourth-order valence-corrected chi connectivity index (χ4v) is 2.59. The first-order valence-electron chi connectivity index (χ1n) is 7.92. The van der Waals surface area contributed by atoms with Gasteiger partial charge in [-0.3, -0.25) is 14.8 Å². The van der Waals surface area contributed by atoms with E-state index in [1.807, 2.05) is 13.8 Å². The summed E-state index contributed by atoms with van der Waals surface area (Å²) in [6, 6.07) is 6.05. The number of aryl methyl sites for hydroxylation is 2. The summed E-state index contributed by atoms with van der Waals surface area (Å²) >= 11 is 0. The number of nitrogens with zero attached hydrogens (tertiary/aromatic N) is 5. The summed E-state index contributed by atoms with van der Waals surface area (Å²) in [6.45, 7) is 7.38. The summed E-state index contributed by atoms with van der Waals surface area (Å²) in [5.74, 6) is 0.106. The summed E-state index contributed by atoms with van der Waals surface area (Å²) < 4.78 is 16.5. The lowest BCUT2D eigenvalue weighted by molar-refractivity contribution is 0.101. The molecule has 7 nitrogen and oxygen atoms in total. The third-order valence-corrected chi connectivity index (χ3v) is 3.72. The predicted octanol–water partition coefficient (Wildman–Crippen LogP) is 3.05. The molecule has 3 rings (SSSR count). The zero-order chi connectivity index (χ0) is 18.1. The van der Waals surface area contributed by atoms with Crippen molar-refractivity contribution in [1.82, 2.24) is 24.5 Å². The largest absolute Gasteiger partial charge is 0.289 e. The Morgan fingerprint density at radius 3 is 2.68 bits per heavy atom. The minimum absolute atomic E-state index is 0.0506. The number of halogens is 1. The van der Waals surface area contributed by atoms with Gasteiger partial charge in [0.05, 0.1) is 5.69 Å². The molecule has 0 aliphatic rings.